The fourth-order valence-electron chi connectivity index (χ4n) is 2.64. The highest BCUT2D eigenvalue weighted by molar-refractivity contribution is 6.48. The lowest BCUT2D eigenvalue weighted by atomic mass is 9.93. The minimum atomic E-state index is -0.597. The van der Waals surface area contributed by atoms with E-state index in [2.05, 4.69) is 23.0 Å². The molecule has 0 aliphatic carbocycles. The van der Waals surface area contributed by atoms with Gasteiger partial charge in [-0.3, -0.25) is 9.98 Å². The maximum absolute atomic E-state index is 13.3. The van der Waals surface area contributed by atoms with E-state index in [0.29, 0.717) is 17.8 Å². The molecule has 0 bridgehead atoms. The molecule has 0 aromatic heterocycles. The summed E-state index contributed by atoms with van der Waals surface area (Å²) in [7, 11) is 0. The van der Waals surface area contributed by atoms with Crippen molar-refractivity contribution in [2.24, 2.45) is 15.7 Å². The number of rotatable bonds is 2. The van der Waals surface area contributed by atoms with Crippen LogP contribution in [0.4, 0.5) is 8.78 Å². The molecule has 5 heteroatoms. The molecule has 2 aliphatic rings. The van der Waals surface area contributed by atoms with Crippen LogP contribution in [0.1, 0.15) is 31.4 Å². The first kappa shape index (κ1) is 13.0. The van der Waals surface area contributed by atoms with Crippen molar-refractivity contribution in [1.29, 1.82) is 0 Å². The molecule has 0 fully saturated rings. The Kier molecular flexibility index (Phi) is 3.12. The Morgan fingerprint density at radius 2 is 1.90 bits per heavy atom. The number of hydrogen-bond donors (Lipinski definition) is 1. The monoisotopic (exact) mass is 275 g/mol. The Hall–Kier alpha value is -2.04. The van der Waals surface area contributed by atoms with Crippen molar-refractivity contribution in [3.63, 3.8) is 0 Å². The Morgan fingerprint density at radius 1 is 1.20 bits per heavy atom. The van der Waals surface area contributed by atoms with E-state index in [1.807, 2.05) is 0 Å². The maximum atomic E-state index is 13.3. The van der Waals surface area contributed by atoms with Gasteiger partial charge in [0.15, 0.2) is 0 Å². The Bertz CT molecular complexity index is 626. The molecule has 104 valence electrons. The number of amidine groups is 1. The number of benzene rings is 1. The van der Waals surface area contributed by atoms with Gasteiger partial charge in [-0.1, -0.05) is 13.0 Å². The molecule has 20 heavy (non-hydrogen) atoms. The van der Waals surface area contributed by atoms with E-state index in [1.54, 1.807) is 0 Å². The van der Waals surface area contributed by atoms with Crippen molar-refractivity contribution in [2.75, 3.05) is 0 Å². The van der Waals surface area contributed by atoms with Crippen molar-refractivity contribution in [3.8, 4) is 0 Å². The summed E-state index contributed by atoms with van der Waals surface area (Å²) in [5.74, 6) is -0.840. The van der Waals surface area contributed by atoms with Crippen molar-refractivity contribution in [3.05, 3.63) is 47.0 Å². The summed E-state index contributed by atoms with van der Waals surface area (Å²) in [6, 6.07) is 3.26. The van der Waals surface area contributed by atoms with Gasteiger partial charge in [0, 0.05) is 12.5 Å². The van der Waals surface area contributed by atoms with Crippen LogP contribution in [0.3, 0.4) is 0 Å². The van der Waals surface area contributed by atoms with Crippen molar-refractivity contribution in [1.82, 2.24) is 0 Å². The topological polar surface area (TPSA) is 50.7 Å². The Balaban J connectivity index is 1.97. The van der Waals surface area contributed by atoms with Crippen LogP contribution in [0.15, 0.2) is 39.8 Å². The minimum absolute atomic E-state index is 0.136. The molecule has 3 nitrogen and oxygen atoms in total. The third-order valence-corrected chi connectivity index (χ3v) is 3.63. The van der Waals surface area contributed by atoms with E-state index in [9.17, 15) is 8.78 Å². The van der Waals surface area contributed by atoms with Gasteiger partial charge in [0.1, 0.15) is 23.2 Å². The quantitative estimate of drug-likeness (QED) is 0.886. The number of nitrogens with zero attached hydrogens (tertiary/aromatic N) is 2. The molecular weight excluding hydrogens is 260 g/mol. The first-order chi connectivity index (χ1) is 9.56. The summed E-state index contributed by atoms with van der Waals surface area (Å²) in [4.78, 5) is 8.83. The van der Waals surface area contributed by atoms with Gasteiger partial charge < -0.3 is 5.73 Å². The molecule has 2 N–H and O–H groups in total. The molecule has 2 atom stereocenters. The van der Waals surface area contributed by atoms with Gasteiger partial charge in [-0.05, 0) is 29.7 Å². The third-order valence-electron chi connectivity index (χ3n) is 3.63. The van der Waals surface area contributed by atoms with Crippen molar-refractivity contribution < 1.29 is 8.78 Å². The highest BCUT2D eigenvalue weighted by Gasteiger charge is 2.29. The van der Waals surface area contributed by atoms with Crippen molar-refractivity contribution in [2.45, 2.75) is 31.8 Å². The van der Waals surface area contributed by atoms with Crippen LogP contribution in [0.5, 0.6) is 0 Å². The highest BCUT2D eigenvalue weighted by Crippen LogP contribution is 2.33. The van der Waals surface area contributed by atoms with Gasteiger partial charge in [0.05, 0.1) is 12.1 Å². The van der Waals surface area contributed by atoms with E-state index in [4.69, 9.17) is 5.73 Å². The second-order valence-corrected chi connectivity index (χ2v) is 5.08. The number of fused-ring (bicyclic) bond motifs is 1. The molecule has 0 amide bonds. The van der Waals surface area contributed by atoms with Crippen LogP contribution in [0, 0.1) is 11.6 Å². The second-order valence-electron chi connectivity index (χ2n) is 5.08. The Labute approximate surface area is 115 Å². The van der Waals surface area contributed by atoms with Gasteiger partial charge in [-0.2, -0.15) is 0 Å². The summed E-state index contributed by atoms with van der Waals surface area (Å²) in [5, 5.41) is 0. The maximum Gasteiger partial charge on any atom is 0.145 e. The standard InChI is InChI=1S/C15H15F2N3/c1-2-12-5-9-6-13(20-15(18)14(9)19-12)8-3-10(16)7-11(17)4-8/h3-5,7,12-13H,2,6H2,1H3,(H2,18,20)/t12?,13-/m0/s1. The van der Waals surface area contributed by atoms with Gasteiger partial charge in [-0.15, -0.1) is 0 Å². The summed E-state index contributed by atoms with van der Waals surface area (Å²) >= 11 is 0. The predicted molar refractivity (Wildman–Crippen MR) is 74.9 cm³/mol. The second kappa shape index (κ2) is 4.81. The Morgan fingerprint density at radius 3 is 2.55 bits per heavy atom. The molecule has 1 unspecified atom stereocenters. The van der Waals surface area contributed by atoms with Gasteiger partial charge in [0.25, 0.3) is 0 Å². The lowest BCUT2D eigenvalue weighted by molar-refractivity contribution is 0.573. The molecular formula is C15H15F2N3. The summed E-state index contributed by atoms with van der Waals surface area (Å²) < 4.78 is 26.6. The predicted octanol–water partition coefficient (Wildman–Crippen LogP) is 2.93. The van der Waals surface area contributed by atoms with E-state index in [1.165, 1.54) is 12.1 Å². The third kappa shape index (κ3) is 2.24. The van der Waals surface area contributed by atoms with Crippen LogP contribution < -0.4 is 5.73 Å². The fraction of sp³-hybridized carbons (Fsp3) is 0.333. The molecule has 2 heterocycles. The molecule has 2 aliphatic heterocycles. The molecule has 1 aromatic rings. The van der Waals surface area contributed by atoms with E-state index in [-0.39, 0.29) is 12.1 Å². The fourth-order valence-corrected chi connectivity index (χ4v) is 2.64. The van der Waals surface area contributed by atoms with Gasteiger partial charge in [-0.25, -0.2) is 8.78 Å². The zero-order valence-electron chi connectivity index (χ0n) is 11.1. The zero-order valence-corrected chi connectivity index (χ0v) is 11.1. The molecule has 0 radical (unpaired) electrons. The van der Waals surface area contributed by atoms with Crippen LogP contribution in [-0.4, -0.2) is 17.6 Å². The SMILES string of the molecule is CCC1C=C2C[C@@H](c3cc(F)cc(F)c3)N=C(N)C2=N1. The molecule has 1 aromatic carbocycles. The van der Waals surface area contributed by atoms with E-state index < -0.39 is 11.6 Å². The highest BCUT2D eigenvalue weighted by atomic mass is 19.1. The van der Waals surface area contributed by atoms with Crippen LogP contribution in [-0.2, 0) is 0 Å². The first-order valence-corrected chi connectivity index (χ1v) is 6.65. The van der Waals surface area contributed by atoms with Gasteiger partial charge in [0.2, 0.25) is 0 Å². The van der Waals surface area contributed by atoms with E-state index in [0.717, 1.165) is 23.8 Å². The molecule has 0 saturated heterocycles. The normalized spacial score (nSPS) is 24.9. The van der Waals surface area contributed by atoms with Crippen molar-refractivity contribution >= 4 is 11.5 Å². The van der Waals surface area contributed by atoms with Gasteiger partial charge >= 0.3 is 0 Å². The summed E-state index contributed by atoms with van der Waals surface area (Å²) in [6.45, 7) is 2.05. The van der Waals surface area contributed by atoms with Crippen LogP contribution in [0.25, 0.3) is 0 Å². The molecule has 0 spiro atoms. The minimum Gasteiger partial charge on any atom is -0.382 e. The van der Waals surface area contributed by atoms with E-state index >= 15 is 0 Å². The average Bonchev–Trinajstić information content (AvgIpc) is 2.81. The van der Waals surface area contributed by atoms with Crippen LogP contribution >= 0.6 is 0 Å². The largest absolute Gasteiger partial charge is 0.382 e. The molecule has 3 rings (SSSR count). The summed E-state index contributed by atoms with van der Waals surface area (Å²) in [5.41, 5.74) is 8.20. The molecule has 0 saturated carbocycles. The first-order valence-electron chi connectivity index (χ1n) is 6.65. The zero-order chi connectivity index (χ0) is 14.3. The lowest BCUT2D eigenvalue weighted by Gasteiger charge is -2.21. The lowest BCUT2D eigenvalue weighted by Crippen LogP contribution is -2.29. The van der Waals surface area contributed by atoms with Crippen LogP contribution in [0.2, 0.25) is 0 Å². The number of aliphatic imine (C=N–C) groups is 2. The number of nitrogens with two attached hydrogens (primary N) is 1. The number of hydrogen-bond acceptors (Lipinski definition) is 3. The smallest absolute Gasteiger partial charge is 0.145 e. The number of halogens is 2. The average molecular weight is 275 g/mol. The summed E-state index contributed by atoms with van der Waals surface area (Å²) in [6.07, 6.45) is 3.55.